The van der Waals surface area contributed by atoms with Crippen LogP contribution in [0.4, 0.5) is 5.82 Å². The summed E-state index contributed by atoms with van der Waals surface area (Å²) in [5, 5.41) is 7.16. The van der Waals surface area contributed by atoms with Gasteiger partial charge in [0.15, 0.2) is 5.82 Å². The second-order valence-electron chi connectivity index (χ2n) is 4.54. The van der Waals surface area contributed by atoms with E-state index in [2.05, 4.69) is 30.3 Å². The average Bonchev–Trinajstić information content (AvgIpc) is 2.86. The molecule has 7 heteroatoms. The SMILES string of the molecule is Cc1noc(-c2cnc(C)nc2N2CCNCC2)n1. The van der Waals surface area contributed by atoms with Crippen molar-refractivity contribution >= 4 is 5.82 Å². The Balaban J connectivity index is 2.03. The summed E-state index contributed by atoms with van der Waals surface area (Å²) in [6, 6.07) is 0. The highest BCUT2D eigenvalue weighted by Gasteiger charge is 2.20. The fourth-order valence-electron chi connectivity index (χ4n) is 2.13. The second kappa shape index (κ2) is 4.93. The van der Waals surface area contributed by atoms with Gasteiger partial charge in [-0.05, 0) is 13.8 Å². The first-order chi connectivity index (χ1) is 9.24. The Morgan fingerprint density at radius 1 is 1.16 bits per heavy atom. The van der Waals surface area contributed by atoms with E-state index in [9.17, 15) is 0 Å². The number of anilines is 1. The topological polar surface area (TPSA) is 80.0 Å². The van der Waals surface area contributed by atoms with Gasteiger partial charge >= 0.3 is 0 Å². The lowest BCUT2D eigenvalue weighted by atomic mass is 10.2. The molecule has 19 heavy (non-hydrogen) atoms. The van der Waals surface area contributed by atoms with Crippen molar-refractivity contribution in [2.24, 2.45) is 0 Å². The van der Waals surface area contributed by atoms with Crippen molar-refractivity contribution in [1.29, 1.82) is 0 Å². The monoisotopic (exact) mass is 260 g/mol. The average molecular weight is 260 g/mol. The Hall–Kier alpha value is -2.02. The zero-order valence-corrected chi connectivity index (χ0v) is 11.1. The van der Waals surface area contributed by atoms with Gasteiger partial charge in [-0.2, -0.15) is 4.98 Å². The molecule has 7 nitrogen and oxygen atoms in total. The summed E-state index contributed by atoms with van der Waals surface area (Å²) in [4.78, 5) is 15.3. The first kappa shape index (κ1) is 12.0. The van der Waals surface area contributed by atoms with Gasteiger partial charge in [-0.1, -0.05) is 5.16 Å². The largest absolute Gasteiger partial charge is 0.353 e. The zero-order valence-electron chi connectivity index (χ0n) is 11.1. The maximum Gasteiger partial charge on any atom is 0.263 e. The van der Waals surface area contributed by atoms with Gasteiger partial charge < -0.3 is 14.7 Å². The van der Waals surface area contributed by atoms with E-state index >= 15 is 0 Å². The van der Waals surface area contributed by atoms with Crippen molar-refractivity contribution in [3.8, 4) is 11.5 Å². The normalized spacial score (nSPS) is 15.8. The molecule has 0 bridgehead atoms. The van der Waals surface area contributed by atoms with Crippen LogP contribution < -0.4 is 10.2 Å². The van der Waals surface area contributed by atoms with Gasteiger partial charge in [0.05, 0.1) is 0 Å². The van der Waals surface area contributed by atoms with E-state index in [4.69, 9.17) is 4.52 Å². The number of rotatable bonds is 2. The summed E-state index contributed by atoms with van der Waals surface area (Å²) in [5.74, 6) is 2.71. The molecule has 0 unspecified atom stereocenters. The van der Waals surface area contributed by atoms with Crippen LogP contribution in [0.1, 0.15) is 11.6 Å². The first-order valence-electron chi connectivity index (χ1n) is 6.34. The number of hydrogen-bond acceptors (Lipinski definition) is 7. The van der Waals surface area contributed by atoms with E-state index in [0.717, 1.165) is 43.4 Å². The molecule has 100 valence electrons. The third-order valence-corrected chi connectivity index (χ3v) is 3.06. The summed E-state index contributed by atoms with van der Waals surface area (Å²) in [5.41, 5.74) is 0.799. The molecule has 0 aliphatic carbocycles. The Kier molecular flexibility index (Phi) is 3.12. The Morgan fingerprint density at radius 2 is 1.95 bits per heavy atom. The summed E-state index contributed by atoms with van der Waals surface area (Å²) in [6.07, 6.45) is 1.76. The Labute approximate surface area is 111 Å². The van der Waals surface area contributed by atoms with Gasteiger partial charge in [-0.15, -0.1) is 0 Å². The van der Waals surface area contributed by atoms with Crippen molar-refractivity contribution in [2.75, 3.05) is 31.1 Å². The minimum absolute atomic E-state index is 0.478. The molecule has 0 spiro atoms. The van der Waals surface area contributed by atoms with E-state index in [1.165, 1.54) is 0 Å². The van der Waals surface area contributed by atoms with Crippen molar-refractivity contribution in [2.45, 2.75) is 13.8 Å². The van der Waals surface area contributed by atoms with Crippen LogP contribution in [0.3, 0.4) is 0 Å². The van der Waals surface area contributed by atoms with Crippen molar-refractivity contribution < 1.29 is 4.52 Å². The van der Waals surface area contributed by atoms with E-state index in [-0.39, 0.29) is 0 Å². The zero-order chi connectivity index (χ0) is 13.2. The number of nitrogens with zero attached hydrogens (tertiary/aromatic N) is 5. The summed E-state index contributed by atoms with van der Waals surface area (Å²) < 4.78 is 5.24. The van der Waals surface area contributed by atoms with Crippen LogP contribution in [0.2, 0.25) is 0 Å². The molecule has 1 saturated heterocycles. The highest BCUT2D eigenvalue weighted by Crippen LogP contribution is 2.27. The number of aryl methyl sites for hydroxylation is 2. The lowest BCUT2D eigenvalue weighted by molar-refractivity contribution is 0.425. The molecule has 0 radical (unpaired) electrons. The number of aromatic nitrogens is 4. The maximum absolute atomic E-state index is 5.24. The molecule has 1 aliphatic rings. The quantitative estimate of drug-likeness (QED) is 0.844. The molecule has 3 heterocycles. The van der Waals surface area contributed by atoms with E-state index in [1.807, 2.05) is 6.92 Å². The molecule has 0 saturated carbocycles. The van der Waals surface area contributed by atoms with Crippen molar-refractivity contribution in [3.63, 3.8) is 0 Å². The summed E-state index contributed by atoms with van der Waals surface area (Å²) in [7, 11) is 0. The smallest absolute Gasteiger partial charge is 0.263 e. The van der Waals surface area contributed by atoms with Crippen LogP contribution >= 0.6 is 0 Å². The van der Waals surface area contributed by atoms with Gasteiger partial charge in [-0.25, -0.2) is 9.97 Å². The minimum atomic E-state index is 0.478. The predicted octanol–water partition coefficient (Wildman–Crippen LogP) is 0.553. The lowest BCUT2D eigenvalue weighted by Crippen LogP contribution is -2.44. The molecule has 2 aromatic rings. The number of piperazine rings is 1. The van der Waals surface area contributed by atoms with Gasteiger partial charge in [0.25, 0.3) is 5.89 Å². The molecular weight excluding hydrogens is 244 g/mol. The molecule has 0 atom stereocenters. The Morgan fingerprint density at radius 3 is 2.63 bits per heavy atom. The molecule has 1 N–H and O–H groups in total. The Bertz CT molecular complexity index is 575. The third kappa shape index (κ3) is 2.41. The molecule has 0 amide bonds. The van der Waals surface area contributed by atoms with Crippen molar-refractivity contribution in [3.05, 3.63) is 17.8 Å². The highest BCUT2D eigenvalue weighted by molar-refractivity contribution is 5.69. The van der Waals surface area contributed by atoms with Gasteiger partial charge in [-0.3, -0.25) is 0 Å². The summed E-state index contributed by atoms with van der Waals surface area (Å²) >= 11 is 0. The third-order valence-electron chi connectivity index (χ3n) is 3.06. The van der Waals surface area contributed by atoms with Crippen LogP contribution in [0.15, 0.2) is 10.7 Å². The predicted molar refractivity (Wildman–Crippen MR) is 69.9 cm³/mol. The molecular formula is C12H16N6O. The molecule has 1 aliphatic heterocycles. The fraction of sp³-hybridized carbons (Fsp3) is 0.500. The van der Waals surface area contributed by atoms with Crippen LogP contribution in [0.25, 0.3) is 11.5 Å². The fourth-order valence-corrected chi connectivity index (χ4v) is 2.13. The molecule has 3 rings (SSSR count). The molecule has 1 fully saturated rings. The van der Waals surface area contributed by atoms with Gasteiger partial charge in [0.2, 0.25) is 0 Å². The van der Waals surface area contributed by atoms with E-state index in [0.29, 0.717) is 11.7 Å². The molecule has 2 aromatic heterocycles. The minimum Gasteiger partial charge on any atom is -0.353 e. The van der Waals surface area contributed by atoms with Crippen LogP contribution in [0, 0.1) is 13.8 Å². The summed E-state index contributed by atoms with van der Waals surface area (Å²) in [6.45, 7) is 7.41. The first-order valence-corrected chi connectivity index (χ1v) is 6.34. The van der Waals surface area contributed by atoms with Gasteiger partial charge in [0, 0.05) is 32.4 Å². The maximum atomic E-state index is 5.24. The van der Waals surface area contributed by atoms with Gasteiger partial charge in [0.1, 0.15) is 17.2 Å². The molecule has 0 aromatic carbocycles. The van der Waals surface area contributed by atoms with Crippen LogP contribution in [-0.4, -0.2) is 46.3 Å². The van der Waals surface area contributed by atoms with Crippen molar-refractivity contribution in [1.82, 2.24) is 25.4 Å². The van der Waals surface area contributed by atoms with E-state index < -0.39 is 0 Å². The lowest BCUT2D eigenvalue weighted by Gasteiger charge is -2.29. The second-order valence-corrected chi connectivity index (χ2v) is 4.54. The number of nitrogens with one attached hydrogen (secondary N) is 1. The standard InChI is InChI=1S/C12H16N6O/c1-8-14-7-10(12-16-9(2)17-19-12)11(15-8)18-5-3-13-4-6-18/h7,13H,3-6H2,1-2H3. The van der Waals surface area contributed by atoms with Crippen LogP contribution in [-0.2, 0) is 0 Å². The highest BCUT2D eigenvalue weighted by atomic mass is 16.5. The number of hydrogen-bond donors (Lipinski definition) is 1. The van der Waals surface area contributed by atoms with E-state index in [1.54, 1.807) is 13.1 Å². The van der Waals surface area contributed by atoms with Crippen LogP contribution in [0.5, 0.6) is 0 Å².